The number of rotatable bonds is 2. The predicted octanol–water partition coefficient (Wildman–Crippen LogP) is 2.23. The lowest BCUT2D eigenvalue weighted by Gasteiger charge is -1.89. The van der Waals surface area contributed by atoms with Gasteiger partial charge in [0.25, 0.3) is 0 Å². The third-order valence-electron chi connectivity index (χ3n) is 2.60. The number of nitrogens with zero attached hydrogens (tertiary/aromatic N) is 1. The summed E-state index contributed by atoms with van der Waals surface area (Å²) in [6.07, 6.45) is 0. The highest BCUT2D eigenvalue weighted by Crippen LogP contribution is 2.26. The molecule has 0 aliphatic carbocycles. The minimum absolute atomic E-state index is 0.147. The average Bonchev–Trinajstić information content (AvgIpc) is 2.93. The zero-order valence-electron chi connectivity index (χ0n) is 9.04. The van der Waals surface area contributed by atoms with Gasteiger partial charge in [-0.1, -0.05) is 5.16 Å². The number of aromatic nitrogens is 2. The summed E-state index contributed by atoms with van der Waals surface area (Å²) >= 11 is 0. The second kappa shape index (κ2) is 3.63. The molecule has 3 rings (SSSR count). The van der Waals surface area contributed by atoms with E-state index in [1.54, 1.807) is 24.3 Å². The molecule has 0 atom stereocenters. The van der Waals surface area contributed by atoms with Crippen LogP contribution < -0.4 is 0 Å². The number of nitrogens with one attached hydrogen (secondary N) is 1. The van der Waals surface area contributed by atoms with Gasteiger partial charge >= 0.3 is 5.97 Å². The molecule has 0 unspecified atom stereocenters. The van der Waals surface area contributed by atoms with Crippen molar-refractivity contribution >= 4 is 16.9 Å². The Morgan fingerprint density at radius 1 is 1.28 bits per heavy atom. The molecule has 0 bridgehead atoms. The normalized spacial score (nSPS) is 10.9. The molecule has 0 aliphatic heterocycles. The maximum atomic E-state index is 10.7. The first-order valence-electron chi connectivity index (χ1n) is 5.15. The quantitative estimate of drug-likeness (QED) is 0.641. The van der Waals surface area contributed by atoms with Gasteiger partial charge < -0.3 is 19.7 Å². The molecule has 1 aromatic carbocycles. The van der Waals surface area contributed by atoms with Crippen molar-refractivity contribution in [2.75, 3.05) is 0 Å². The van der Waals surface area contributed by atoms with E-state index in [-0.39, 0.29) is 11.4 Å². The number of phenolic OH excluding ortho intramolecular Hbond substituents is 1. The van der Waals surface area contributed by atoms with Gasteiger partial charge in [0.15, 0.2) is 11.5 Å². The number of aromatic amines is 1. The summed E-state index contributed by atoms with van der Waals surface area (Å²) in [5.74, 6) is -0.640. The van der Waals surface area contributed by atoms with Crippen LogP contribution in [0.3, 0.4) is 0 Å². The Kier molecular flexibility index (Phi) is 2.09. The average molecular weight is 244 g/mol. The Morgan fingerprint density at radius 2 is 2.11 bits per heavy atom. The minimum atomic E-state index is -1.14. The Balaban J connectivity index is 2.10. The van der Waals surface area contributed by atoms with Gasteiger partial charge in [-0.3, -0.25) is 0 Å². The first-order valence-corrected chi connectivity index (χ1v) is 5.15. The summed E-state index contributed by atoms with van der Waals surface area (Å²) < 4.78 is 4.95. The fourth-order valence-electron chi connectivity index (χ4n) is 1.76. The number of H-pyrrole nitrogens is 1. The number of aromatic carboxylic acids is 1. The number of phenols is 1. The Labute approximate surface area is 100 Å². The third-order valence-corrected chi connectivity index (χ3v) is 2.60. The van der Waals surface area contributed by atoms with Crippen molar-refractivity contribution < 1.29 is 19.5 Å². The lowest BCUT2D eigenvalue weighted by Crippen LogP contribution is -1.94. The first kappa shape index (κ1) is 10.4. The highest BCUT2D eigenvalue weighted by Gasteiger charge is 2.13. The van der Waals surface area contributed by atoms with Gasteiger partial charge in [0.05, 0.1) is 5.69 Å². The molecule has 0 aliphatic rings. The highest BCUT2D eigenvalue weighted by molar-refractivity contribution is 5.88. The molecule has 6 nitrogen and oxygen atoms in total. The van der Waals surface area contributed by atoms with Gasteiger partial charge in [0, 0.05) is 17.0 Å². The van der Waals surface area contributed by atoms with Gasteiger partial charge in [-0.15, -0.1) is 0 Å². The number of hydrogen-bond acceptors (Lipinski definition) is 4. The molecule has 0 amide bonds. The molecule has 0 spiro atoms. The van der Waals surface area contributed by atoms with E-state index in [0.29, 0.717) is 11.5 Å². The van der Waals surface area contributed by atoms with Crippen molar-refractivity contribution in [3.63, 3.8) is 0 Å². The second-order valence-electron chi connectivity index (χ2n) is 3.84. The maximum absolute atomic E-state index is 10.7. The second-order valence-corrected chi connectivity index (χ2v) is 3.84. The largest absolute Gasteiger partial charge is 0.508 e. The van der Waals surface area contributed by atoms with Crippen LogP contribution in [0.1, 0.15) is 10.5 Å². The Hall–Kier alpha value is -2.76. The fourth-order valence-corrected chi connectivity index (χ4v) is 1.76. The molecular weight excluding hydrogens is 236 g/mol. The molecule has 0 saturated heterocycles. The van der Waals surface area contributed by atoms with E-state index >= 15 is 0 Å². The number of carbonyl (C=O) groups is 1. The molecule has 2 heterocycles. The van der Waals surface area contributed by atoms with Crippen LogP contribution in [0.25, 0.3) is 22.4 Å². The first-order chi connectivity index (χ1) is 8.63. The van der Waals surface area contributed by atoms with E-state index in [2.05, 4.69) is 10.1 Å². The van der Waals surface area contributed by atoms with Crippen molar-refractivity contribution in [2.24, 2.45) is 0 Å². The lowest BCUT2D eigenvalue weighted by molar-refractivity contribution is 0.0686. The number of hydrogen-bond donors (Lipinski definition) is 3. The van der Waals surface area contributed by atoms with Crippen molar-refractivity contribution in [3.05, 3.63) is 36.0 Å². The molecule has 3 N–H and O–H groups in total. The van der Waals surface area contributed by atoms with Crippen molar-refractivity contribution in [3.8, 4) is 17.2 Å². The number of aromatic hydroxyl groups is 1. The van der Waals surface area contributed by atoms with Crippen LogP contribution in [0.15, 0.2) is 34.9 Å². The lowest BCUT2D eigenvalue weighted by atomic mass is 10.2. The zero-order chi connectivity index (χ0) is 12.7. The number of benzene rings is 1. The monoisotopic (exact) mass is 244 g/mol. The van der Waals surface area contributed by atoms with Crippen LogP contribution in [0.2, 0.25) is 0 Å². The van der Waals surface area contributed by atoms with E-state index in [1.165, 1.54) is 6.07 Å². The van der Waals surface area contributed by atoms with Crippen molar-refractivity contribution in [1.82, 2.24) is 10.1 Å². The van der Waals surface area contributed by atoms with Gasteiger partial charge in [-0.25, -0.2) is 4.79 Å². The summed E-state index contributed by atoms with van der Waals surface area (Å²) in [7, 11) is 0. The SMILES string of the molecule is O=C(O)c1cc(-c2cc3cc(O)ccc3[nH]2)on1. The van der Waals surface area contributed by atoms with Gasteiger partial charge in [0.2, 0.25) is 0 Å². The smallest absolute Gasteiger partial charge is 0.358 e. The van der Waals surface area contributed by atoms with E-state index in [4.69, 9.17) is 9.63 Å². The van der Waals surface area contributed by atoms with Crippen molar-refractivity contribution in [2.45, 2.75) is 0 Å². The van der Waals surface area contributed by atoms with E-state index in [1.807, 2.05) is 0 Å². The van der Waals surface area contributed by atoms with Crippen LogP contribution in [0.5, 0.6) is 5.75 Å². The number of carboxylic acid groups (broad SMARTS) is 1. The summed E-state index contributed by atoms with van der Waals surface area (Å²) in [4.78, 5) is 13.8. The molecule has 0 radical (unpaired) electrons. The Bertz CT molecular complexity index is 741. The summed E-state index contributed by atoms with van der Waals surface area (Å²) in [6.45, 7) is 0. The molecule has 0 saturated carbocycles. The molecule has 3 aromatic rings. The Morgan fingerprint density at radius 3 is 2.83 bits per heavy atom. The van der Waals surface area contributed by atoms with E-state index in [9.17, 15) is 9.90 Å². The molecule has 2 aromatic heterocycles. The maximum Gasteiger partial charge on any atom is 0.358 e. The van der Waals surface area contributed by atoms with E-state index < -0.39 is 5.97 Å². The predicted molar refractivity (Wildman–Crippen MR) is 62.4 cm³/mol. The van der Waals surface area contributed by atoms with Gasteiger partial charge in [-0.05, 0) is 24.3 Å². The number of fused-ring (bicyclic) bond motifs is 1. The zero-order valence-corrected chi connectivity index (χ0v) is 9.04. The van der Waals surface area contributed by atoms with Crippen LogP contribution >= 0.6 is 0 Å². The standard InChI is InChI=1S/C12H8N2O4/c15-7-1-2-8-6(3-7)4-9(13-8)11-5-10(12(16)17)14-18-11/h1-5,13,15H,(H,16,17). The van der Waals surface area contributed by atoms with Crippen LogP contribution in [0.4, 0.5) is 0 Å². The van der Waals surface area contributed by atoms with Crippen molar-refractivity contribution in [1.29, 1.82) is 0 Å². The van der Waals surface area contributed by atoms with Gasteiger partial charge in [0.1, 0.15) is 5.75 Å². The minimum Gasteiger partial charge on any atom is -0.508 e. The van der Waals surface area contributed by atoms with E-state index in [0.717, 1.165) is 10.9 Å². The third kappa shape index (κ3) is 1.60. The fraction of sp³-hybridized carbons (Fsp3) is 0. The topological polar surface area (TPSA) is 99.3 Å². The molecule has 18 heavy (non-hydrogen) atoms. The molecule has 0 fully saturated rings. The summed E-state index contributed by atoms with van der Waals surface area (Å²) in [6, 6.07) is 7.98. The number of carboxylic acids is 1. The summed E-state index contributed by atoms with van der Waals surface area (Å²) in [5, 5.41) is 22.4. The van der Waals surface area contributed by atoms with Crippen LogP contribution in [0, 0.1) is 0 Å². The van der Waals surface area contributed by atoms with Crippen LogP contribution in [-0.4, -0.2) is 26.3 Å². The molecule has 90 valence electrons. The molecule has 6 heteroatoms. The highest BCUT2D eigenvalue weighted by atomic mass is 16.5. The summed E-state index contributed by atoms with van der Waals surface area (Å²) in [5.41, 5.74) is 1.28. The molecular formula is C12H8N2O4. The van der Waals surface area contributed by atoms with Gasteiger partial charge in [-0.2, -0.15) is 0 Å². The van der Waals surface area contributed by atoms with Crippen LogP contribution in [-0.2, 0) is 0 Å².